The summed E-state index contributed by atoms with van der Waals surface area (Å²) in [4.78, 5) is 4.57. The first-order chi connectivity index (χ1) is 9.33. The Morgan fingerprint density at radius 1 is 1.26 bits per heavy atom. The van der Waals surface area contributed by atoms with Crippen LogP contribution >= 0.6 is 15.9 Å². The Bertz CT molecular complexity index is 432. The first-order valence-electron chi connectivity index (χ1n) is 6.54. The van der Waals surface area contributed by atoms with Gasteiger partial charge in [-0.3, -0.25) is 0 Å². The maximum Gasteiger partial charge on any atom is 0.202 e. The van der Waals surface area contributed by atoms with E-state index in [2.05, 4.69) is 26.2 Å². The highest BCUT2D eigenvalue weighted by atomic mass is 79.9. The van der Waals surface area contributed by atoms with Crippen molar-refractivity contribution in [3.8, 4) is 0 Å². The van der Waals surface area contributed by atoms with E-state index in [1.165, 1.54) is 0 Å². The molecule has 6 heteroatoms. The van der Waals surface area contributed by atoms with E-state index in [0.717, 1.165) is 42.2 Å². The monoisotopic (exact) mass is 328 g/mol. The van der Waals surface area contributed by atoms with Crippen molar-refractivity contribution in [2.24, 2.45) is 5.92 Å². The van der Waals surface area contributed by atoms with Gasteiger partial charge in [0.25, 0.3) is 0 Å². The number of nitrogens with one attached hydrogen (secondary N) is 1. The van der Waals surface area contributed by atoms with E-state index in [1.807, 2.05) is 12.1 Å². The maximum atomic E-state index is 5.49. The van der Waals surface area contributed by atoms with E-state index in [-0.39, 0.29) is 6.29 Å². The molecule has 2 fully saturated rings. The molecule has 104 valence electrons. The fourth-order valence-corrected chi connectivity index (χ4v) is 2.64. The average Bonchev–Trinajstić information content (AvgIpc) is 3.11. The van der Waals surface area contributed by atoms with E-state index in [0.29, 0.717) is 19.1 Å². The van der Waals surface area contributed by atoms with Gasteiger partial charge in [-0.05, 0) is 34.5 Å². The van der Waals surface area contributed by atoms with E-state index in [1.54, 1.807) is 0 Å². The highest BCUT2D eigenvalue weighted by Crippen LogP contribution is 2.29. The van der Waals surface area contributed by atoms with Gasteiger partial charge in [0.15, 0.2) is 0 Å². The molecule has 0 amide bonds. The lowest BCUT2D eigenvalue weighted by atomic mass is 10.1. The van der Waals surface area contributed by atoms with Crippen molar-refractivity contribution in [2.45, 2.75) is 12.7 Å². The molecule has 0 spiro atoms. The van der Waals surface area contributed by atoms with Crippen LogP contribution in [-0.4, -0.2) is 38.0 Å². The molecule has 1 unspecified atom stereocenters. The van der Waals surface area contributed by atoms with Gasteiger partial charge in [0.1, 0.15) is 11.5 Å². The summed E-state index contributed by atoms with van der Waals surface area (Å²) in [5.41, 5.74) is 0.796. The van der Waals surface area contributed by atoms with Crippen LogP contribution in [0.15, 0.2) is 16.6 Å². The zero-order valence-electron chi connectivity index (χ0n) is 10.6. The van der Waals surface area contributed by atoms with Crippen LogP contribution in [-0.2, 0) is 14.2 Å². The Labute approximate surface area is 120 Å². The first kappa shape index (κ1) is 13.3. The number of hydrogen-bond donors (Lipinski definition) is 1. The SMILES string of the molecule is Brc1ccc(NCC2CCOC2)nc1C1OCCO1. The van der Waals surface area contributed by atoms with Crippen LogP contribution in [0, 0.1) is 5.92 Å². The summed E-state index contributed by atoms with van der Waals surface area (Å²) in [7, 11) is 0. The molecule has 5 nitrogen and oxygen atoms in total. The van der Waals surface area contributed by atoms with Crippen LogP contribution in [0.1, 0.15) is 18.4 Å². The molecule has 1 N–H and O–H groups in total. The van der Waals surface area contributed by atoms with Crippen LogP contribution in [0.5, 0.6) is 0 Å². The largest absolute Gasteiger partial charge is 0.381 e. The molecule has 1 aromatic heterocycles. The van der Waals surface area contributed by atoms with Gasteiger partial charge in [-0.2, -0.15) is 0 Å². The van der Waals surface area contributed by atoms with Crippen LogP contribution in [0.25, 0.3) is 0 Å². The molecule has 0 saturated carbocycles. The lowest BCUT2D eigenvalue weighted by Gasteiger charge is -2.14. The smallest absolute Gasteiger partial charge is 0.202 e. The van der Waals surface area contributed by atoms with E-state index < -0.39 is 0 Å². The lowest BCUT2D eigenvalue weighted by Crippen LogP contribution is -2.15. The van der Waals surface area contributed by atoms with E-state index in [9.17, 15) is 0 Å². The fraction of sp³-hybridized carbons (Fsp3) is 0.615. The second kappa shape index (κ2) is 6.17. The molecule has 0 aliphatic carbocycles. The predicted molar refractivity (Wildman–Crippen MR) is 74.0 cm³/mol. The topological polar surface area (TPSA) is 52.6 Å². The van der Waals surface area contributed by atoms with Gasteiger partial charge in [0, 0.05) is 23.5 Å². The van der Waals surface area contributed by atoms with Crippen molar-refractivity contribution in [3.63, 3.8) is 0 Å². The van der Waals surface area contributed by atoms with Crippen LogP contribution in [0.4, 0.5) is 5.82 Å². The number of ether oxygens (including phenoxy) is 3. The summed E-state index contributed by atoms with van der Waals surface area (Å²) in [5.74, 6) is 1.43. The highest BCUT2D eigenvalue weighted by Gasteiger charge is 2.23. The average molecular weight is 329 g/mol. The normalized spacial score (nSPS) is 23.9. The molecule has 19 heavy (non-hydrogen) atoms. The van der Waals surface area contributed by atoms with Gasteiger partial charge in [0.05, 0.1) is 19.8 Å². The molecule has 2 aliphatic rings. The number of anilines is 1. The number of pyridine rings is 1. The van der Waals surface area contributed by atoms with Crippen molar-refractivity contribution in [2.75, 3.05) is 38.3 Å². The van der Waals surface area contributed by atoms with E-state index in [4.69, 9.17) is 14.2 Å². The molecular weight excluding hydrogens is 312 g/mol. The zero-order chi connectivity index (χ0) is 13.1. The second-order valence-electron chi connectivity index (χ2n) is 4.75. The van der Waals surface area contributed by atoms with Crippen molar-refractivity contribution < 1.29 is 14.2 Å². The van der Waals surface area contributed by atoms with Gasteiger partial charge in [0.2, 0.25) is 6.29 Å². The Kier molecular flexibility index (Phi) is 4.32. The predicted octanol–water partition coefficient (Wildman–Crippen LogP) is 2.34. The van der Waals surface area contributed by atoms with Gasteiger partial charge < -0.3 is 19.5 Å². The molecule has 0 bridgehead atoms. The molecule has 1 aromatic rings. The lowest BCUT2D eigenvalue weighted by molar-refractivity contribution is -0.0477. The third kappa shape index (κ3) is 3.25. The number of aromatic nitrogens is 1. The van der Waals surface area contributed by atoms with E-state index >= 15 is 0 Å². The summed E-state index contributed by atoms with van der Waals surface area (Å²) in [6.45, 7) is 3.84. The highest BCUT2D eigenvalue weighted by molar-refractivity contribution is 9.10. The number of rotatable bonds is 4. The zero-order valence-corrected chi connectivity index (χ0v) is 12.2. The van der Waals surface area contributed by atoms with Gasteiger partial charge in [-0.1, -0.05) is 0 Å². The summed E-state index contributed by atoms with van der Waals surface area (Å²) >= 11 is 3.49. The molecule has 0 radical (unpaired) electrons. The Morgan fingerprint density at radius 2 is 2.11 bits per heavy atom. The molecule has 2 saturated heterocycles. The minimum absolute atomic E-state index is 0.356. The maximum absolute atomic E-state index is 5.49. The molecule has 3 heterocycles. The fourth-order valence-electron chi connectivity index (χ4n) is 2.23. The van der Waals surface area contributed by atoms with Gasteiger partial charge >= 0.3 is 0 Å². The first-order valence-corrected chi connectivity index (χ1v) is 7.33. The minimum atomic E-state index is -0.356. The summed E-state index contributed by atoms with van der Waals surface area (Å²) in [6.07, 6.45) is 0.761. The van der Waals surface area contributed by atoms with Crippen molar-refractivity contribution in [3.05, 3.63) is 22.3 Å². The Balaban J connectivity index is 1.66. The molecule has 0 aromatic carbocycles. The Morgan fingerprint density at radius 3 is 2.84 bits per heavy atom. The van der Waals surface area contributed by atoms with Crippen molar-refractivity contribution >= 4 is 21.7 Å². The van der Waals surface area contributed by atoms with Crippen molar-refractivity contribution in [1.82, 2.24) is 4.98 Å². The van der Waals surface area contributed by atoms with Gasteiger partial charge in [-0.15, -0.1) is 0 Å². The second-order valence-corrected chi connectivity index (χ2v) is 5.60. The van der Waals surface area contributed by atoms with Crippen molar-refractivity contribution in [1.29, 1.82) is 0 Å². The number of hydrogen-bond acceptors (Lipinski definition) is 5. The Hall–Kier alpha value is -0.690. The number of nitrogens with zero attached hydrogens (tertiary/aromatic N) is 1. The summed E-state index contributed by atoms with van der Waals surface area (Å²) in [5, 5.41) is 3.35. The molecule has 2 aliphatic heterocycles. The number of halogens is 1. The third-order valence-electron chi connectivity index (χ3n) is 3.31. The third-order valence-corrected chi connectivity index (χ3v) is 3.98. The van der Waals surface area contributed by atoms with Crippen LogP contribution in [0.2, 0.25) is 0 Å². The quantitative estimate of drug-likeness (QED) is 0.919. The standard InChI is InChI=1S/C13H17BrN2O3/c14-10-1-2-11(15-7-9-3-4-17-8-9)16-12(10)13-18-5-6-19-13/h1-2,9,13H,3-8H2,(H,15,16). The molecular formula is C13H17BrN2O3. The minimum Gasteiger partial charge on any atom is -0.381 e. The molecule has 3 rings (SSSR count). The summed E-state index contributed by atoms with van der Waals surface area (Å²) < 4.78 is 17.3. The van der Waals surface area contributed by atoms with Crippen LogP contribution in [0.3, 0.4) is 0 Å². The summed E-state index contributed by atoms with van der Waals surface area (Å²) in [6, 6.07) is 3.93. The van der Waals surface area contributed by atoms with Gasteiger partial charge in [-0.25, -0.2) is 4.98 Å². The van der Waals surface area contributed by atoms with Crippen LogP contribution < -0.4 is 5.32 Å². The molecule has 1 atom stereocenters.